The highest BCUT2D eigenvalue weighted by Crippen LogP contribution is 2.24. The fourth-order valence-corrected chi connectivity index (χ4v) is 4.18. The van der Waals surface area contributed by atoms with Gasteiger partial charge < -0.3 is 5.32 Å². The molecule has 0 fully saturated rings. The van der Waals surface area contributed by atoms with Crippen LogP contribution in [-0.4, -0.2) is 32.2 Å². The smallest absolute Gasteiger partial charge is 0.244 e. The Morgan fingerprint density at radius 2 is 1.67 bits per heavy atom. The van der Waals surface area contributed by atoms with E-state index in [1.54, 1.807) is 0 Å². The lowest BCUT2D eigenvalue weighted by atomic mass is 9.94. The molecule has 2 aromatic carbocycles. The number of hydrogen-bond acceptors (Lipinski definition) is 3. The Hall–Kier alpha value is -2.41. The molecule has 0 aliphatic carbocycles. The second-order valence-electron chi connectivity index (χ2n) is 7.22. The Kier molecular flexibility index (Phi) is 6.26. The zero-order chi connectivity index (χ0) is 20.2. The first kappa shape index (κ1) is 20.9. The van der Waals surface area contributed by atoms with Gasteiger partial charge in [0.2, 0.25) is 15.9 Å². The van der Waals surface area contributed by atoms with Gasteiger partial charge in [0.05, 0.1) is 11.9 Å². The lowest BCUT2D eigenvalue weighted by Gasteiger charge is -2.33. The van der Waals surface area contributed by atoms with Gasteiger partial charge in [0, 0.05) is 5.54 Å². The lowest BCUT2D eigenvalue weighted by Crippen LogP contribution is -2.54. The van der Waals surface area contributed by atoms with Gasteiger partial charge in [-0.1, -0.05) is 42.5 Å². The molecule has 5 nitrogen and oxygen atoms in total. The number of sulfonamides is 1. The number of benzene rings is 2. The summed E-state index contributed by atoms with van der Waals surface area (Å²) in [7, 11) is -3.87. The average molecular weight is 392 g/mol. The molecule has 0 saturated carbocycles. The van der Waals surface area contributed by atoms with Crippen molar-refractivity contribution in [1.82, 2.24) is 5.32 Å². The van der Waals surface area contributed by atoms with Crippen molar-refractivity contribution in [3.8, 4) is 0 Å². The third kappa shape index (κ3) is 5.53. The Bertz CT molecular complexity index is 898. The molecule has 2 aromatic rings. The van der Waals surface area contributed by atoms with Crippen LogP contribution in [0, 0.1) is 5.82 Å². The minimum Gasteiger partial charge on any atom is -0.349 e. The van der Waals surface area contributed by atoms with E-state index in [-0.39, 0.29) is 5.69 Å². The summed E-state index contributed by atoms with van der Waals surface area (Å²) in [4.78, 5) is 12.8. The minimum atomic E-state index is -3.87. The molecule has 7 heteroatoms. The van der Waals surface area contributed by atoms with Crippen molar-refractivity contribution in [2.45, 2.75) is 38.8 Å². The summed E-state index contributed by atoms with van der Waals surface area (Å²) in [6.45, 7) is 5.17. The van der Waals surface area contributed by atoms with Crippen LogP contribution in [0.3, 0.4) is 0 Å². The zero-order valence-corrected chi connectivity index (χ0v) is 16.8. The number of nitrogens with one attached hydrogen (secondary N) is 1. The minimum absolute atomic E-state index is 0.150. The van der Waals surface area contributed by atoms with Crippen LogP contribution < -0.4 is 9.62 Å². The maximum Gasteiger partial charge on any atom is 0.244 e. The van der Waals surface area contributed by atoms with Crippen molar-refractivity contribution >= 4 is 21.6 Å². The molecule has 0 radical (unpaired) electrons. The molecular weight excluding hydrogens is 367 g/mol. The number of carbonyl (C=O) groups is 1. The Morgan fingerprint density at radius 3 is 2.22 bits per heavy atom. The van der Waals surface area contributed by atoms with Crippen molar-refractivity contribution in [1.29, 1.82) is 0 Å². The Morgan fingerprint density at radius 1 is 1.11 bits per heavy atom. The third-order valence-corrected chi connectivity index (χ3v) is 5.36. The van der Waals surface area contributed by atoms with E-state index in [1.165, 1.54) is 25.1 Å². The van der Waals surface area contributed by atoms with Gasteiger partial charge in [0.15, 0.2) is 0 Å². The molecule has 0 spiro atoms. The molecule has 0 aliphatic heterocycles. The van der Waals surface area contributed by atoms with Crippen molar-refractivity contribution in [3.63, 3.8) is 0 Å². The number of anilines is 1. The van der Waals surface area contributed by atoms with Gasteiger partial charge >= 0.3 is 0 Å². The van der Waals surface area contributed by atoms with Crippen molar-refractivity contribution in [2.75, 3.05) is 10.6 Å². The molecule has 0 aromatic heterocycles. The van der Waals surface area contributed by atoms with Gasteiger partial charge in [-0.05, 0) is 44.9 Å². The molecule has 1 atom stereocenters. The average Bonchev–Trinajstić information content (AvgIpc) is 2.55. The zero-order valence-electron chi connectivity index (χ0n) is 15.9. The number of amides is 1. The number of hydrogen-bond donors (Lipinski definition) is 1. The Balaban J connectivity index is 2.24. The normalized spacial score (nSPS) is 13.1. The third-order valence-electron chi connectivity index (χ3n) is 4.13. The predicted molar refractivity (Wildman–Crippen MR) is 106 cm³/mol. The molecule has 0 bridgehead atoms. The van der Waals surface area contributed by atoms with E-state index in [0.717, 1.165) is 22.2 Å². The SMILES string of the molecule is C[C@@H](C(=O)NC(C)(C)Cc1ccccc1)N(c1ccccc1F)S(C)(=O)=O. The summed E-state index contributed by atoms with van der Waals surface area (Å²) >= 11 is 0. The Labute approximate surface area is 160 Å². The lowest BCUT2D eigenvalue weighted by molar-refractivity contribution is -0.123. The van der Waals surface area contributed by atoms with E-state index in [0.29, 0.717) is 6.42 Å². The number of rotatable bonds is 7. The standard InChI is InChI=1S/C20H25FN2O3S/c1-15(23(27(4,25)26)18-13-9-8-12-17(18)21)19(24)22-20(2,3)14-16-10-6-5-7-11-16/h5-13,15H,14H2,1-4H3,(H,22,24)/t15-/m0/s1. The summed E-state index contributed by atoms with van der Waals surface area (Å²) < 4.78 is 39.5. The maximum absolute atomic E-state index is 14.2. The number of halogens is 1. The van der Waals surface area contributed by atoms with E-state index >= 15 is 0 Å². The molecule has 0 aliphatic rings. The summed E-state index contributed by atoms with van der Waals surface area (Å²) in [6.07, 6.45) is 1.53. The fourth-order valence-electron chi connectivity index (χ4n) is 3.00. The van der Waals surface area contributed by atoms with Crippen molar-refractivity contribution < 1.29 is 17.6 Å². The first-order valence-corrected chi connectivity index (χ1v) is 10.5. The van der Waals surface area contributed by atoms with Gasteiger partial charge in [0.1, 0.15) is 11.9 Å². The second-order valence-corrected chi connectivity index (χ2v) is 9.08. The van der Waals surface area contributed by atoms with Crippen LogP contribution in [0.25, 0.3) is 0 Å². The highest BCUT2D eigenvalue weighted by atomic mass is 32.2. The van der Waals surface area contributed by atoms with E-state index in [1.807, 2.05) is 44.2 Å². The first-order valence-electron chi connectivity index (χ1n) is 8.61. The monoisotopic (exact) mass is 392 g/mol. The highest BCUT2D eigenvalue weighted by molar-refractivity contribution is 7.92. The van der Waals surface area contributed by atoms with Crippen molar-refractivity contribution in [3.05, 3.63) is 66.0 Å². The molecule has 0 saturated heterocycles. The van der Waals surface area contributed by atoms with Crippen LogP contribution in [0.2, 0.25) is 0 Å². The molecule has 146 valence electrons. The fraction of sp³-hybridized carbons (Fsp3) is 0.350. The van der Waals surface area contributed by atoms with E-state index in [4.69, 9.17) is 0 Å². The number of para-hydroxylation sites is 1. The van der Waals surface area contributed by atoms with Gasteiger partial charge in [-0.2, -0.15) is 0 Å². The van der Waals surface area contributed by atoms with Crippen LogP contribution in [0.5, 0.6) is 0 Å². The molecular formula is C20H25FN2O3S. The molecule has 27 heavy (non-hydrogen) atoms. The van der Waals surface area contributed by atoms with Crippen LogP contribution in [0.4, 0.5) is 10.1 Å². The van der Waals surface area contributed by atoms with Crippen LogP contribution in [-0.2, 0) is 21.2 Å². The first-order chi connectivity index (χ1) is 12.5. The number of nitrogens with zero attached hydrogens (tertiary/aromatic N) is 1. The topological polar surface area (TPSA) is 66.5 Å². The largest absolute Gasteiger partial charge is 0.349 e. The van der Waals surface area contributed by atoms with Gasteiger partial charge in [-0.3, -0.25) is 9.10 Å². The van der Waals surface area contributed by atoms with E-state index in [9.17, 15) is 17.6 Å². The second kappa shape index (κ2) is 8.08. The van der Waals surface area contributed by atoms with E-state index < -0.39 is 33.3 Å². The molecule has 1 amide bonds. The highest BCUT2D eigenvalue weighted by Gasteiger charge is 2.33. The van der Waals surface area contributed by atoms with Crippen LogP contribution >= 0.6 is 0 Å². The molecule has 1 N–H and O–H groups in total. The summed E-state index contributed by atoms with van der Waals surface area (Å²) in [5.41, 5.74) is 0.290. The van der Waals surface area contributed by atoms with Gasteiger partial charge in [0.25, 0.3) is 0 Å². The molecule has 2 rings (SSSR count). The maximum atomic E-state index is 14.2. The van der Waals surface area contributed by atoms with Gasteiger partial charge in [-0.25, -0.2) is 12.8 Å². The summed E-state index contributed by atoms with van der Waals surface area (Å²) in [5.74, 6) is -1.20. The van der Waals surface area contributed by atoms with Crippen LogP contribution in [0.15, 0.2) is 54.6 Å². The quantitative estimate of drug-likeness (QED) is 0.787. The summed E-state index contributed by atoms with van der Waals surface area (Å²) in [6, 6.07) is 14.1. The molecule has 0 heterocycles. The van der Waals surface area contributed by atoms with Crippen molar-refractivity contribution in [2.24, 2.45) is 0 Å². The van der Waals surface area contributed by atoms with Gasteiger partial charge in [-0.15, -0.1) is 0 Å². The van der Waals surface area contributed by atoms with E-state index in [2.05, 4.69) is 5.32 Å². The number of carbonyl (C=O) groups excluding carboxylic acids is 1. The summed E-state index contributed by atoms with van der Waals surface area (Å²) in [5, 5.41) is 2.88. The predicted octanol–water partition coefficient (Wildman–Crippen LogP) is 3.12. The van der Waals surface area contributed by atoms with Crippen LogP contribution in [0.1, 0.15) is 26.3 Å². The molecule has 0 unspecified atom stereocenters.